The lowest BCUT2D eigenvalue weighted by atomic mass is 10.0. The zero-order valence-electron chi connectivity index (χ0n) is 46.2. The van der Waals surface area contributed by atoms with Crippen LogP contribution in [0.4, 0.5) is 0 Å². The topological polar surface area (TPSA) is 108 Å². The molecular weight excluding hydrogens is 894 g/mol. The lowest BCUT2D eigenvalue weighted by Crippen LogP contribution is -2.37. The van der Waals surface area contributed by atoms with Crippen molar-refractivity contribution < 1.29 is 42.1 Å². The quantitative estimate of drug-likeness (QED) is 0.0211. The molecule has 2 unspecified atom stereocenters. The Morgan fingerprint density at radius 1 is 0.457 bits per heavy atom. The molecule has 0 bridgehead atoms. The van der Waals surface area contributed by atoms with E-state index in [1.54, 1.807) is 0 Å². The molecule has 0 fully saturated rings. The van der Waals surface area contributed by atoms with Gasteiger partial charge in [0.2, 0.25) is 0 Å². The van der Waals surface area contributed by atoms with Gasteiger partial charge in [-0.2, -0.15) is 0 Å². The fourth-order valence-corrected chi connectivity index (χ4v) is 8.80. The highest BCUT2D eigenvalue weighted by Crippen LogP contribution is 2.43. The molecular formula is C60H111NO8P+. The van der Waals surface area contributed by atoms with Crippen molar-refractivity contribution >= 4 is 19.8 Å². The van der Waals surface area contributed by atoms with Crippen LogP contribution in [0.15, 0.2) is 60.8 Å². The summed E-state index contributed by atoms with van der Waals surface area (Å²) in [6.45, 7) is 4.32. The molecule has 10 heteroatoms. The van der Waals surface area contributed by atoms with Crippen LogP contribution < -0.4 is 0 Å². The van der Waals surface area contributed by atoms with Crippen molar-refractivity contribution in [3.8, 4) is 0 Å². The Labute approximate surface area is 432 Å². The summed E-state index contributed by atoms with van der Waals surface area (Å²) in [5, 5.41) is 0. The molecule has 408 valence electrons. The number of likely N-dealkylation sites (N-methyl/N-ethyl adjacent to an activating group) is 1. The van der Waals surface area contributed by atoms with Crippen molar-refractivity contribution in [1.29, 1.82) is 0 Å². The largest absolute Gasteiger partial charge is 0.472 e. The van der Waals surface area contributed by atoms with Crippen molar-refractivity contribution in [3.05, 3.63) is 60.8 Å². The van der Waals surface area contributed by atoms with E-state index in [-0.39, 0.29) is 32.0 Å². The third kappa shape index (κ3) is 55.0. The highest BCUT2D eigenvalue weighted by Gasteiger charge is 2.27. The Balaban J connectivity index is 4.09. The molecule has 2 atom stereocenters. The molecule has 0 spiro atoms. The van der Waals surface area contributed by atoms with Gasteiger partial charge in [-0.05, 0) is 77.0 Å². The number of phosphoric ester groups is 1. The fourth-order valence-electron chi connectivity index (χ4n) is 8.06. The maximum Gasteiger partial charge on any atom is 0.472 e. The number of carbonyl (C=O) groups excluding carboxylic acids is 2. The molecule has 9 nitrogen and oxygen atoms in total. The highest BCUT2D eigenvalue weighted by atomic mass is 31.2. The standard InChI is InChI=1S/C60H110NO8P/c1-6-8-10-12-14-16-18-20-22-24-25-26-27-28-29-30-31-32-33-34-35-37-38-40-42-44-46-48-50-52-59(62)66-56-58(57-68-70(64,65)67-55-54-61(3,4)5)69-60(63)53-51-49-47-45-43-41-39-36-23-21-19-17-15-13-11-9-7-2/h9,11,15,17-18,20-21,23-25,58H,6-8,10,12-14,16,19,22,26-57H2,1-5H3/p+1/b11-9-,17-15-,20-18-,23-21-,25-24-. The van der Waals surface area contributed by atoms with Crippen LogP contribution in [0.25, 0.3) is 0 Å². The van der Waals surface area contributed by atoms with Gasteiger partial charge in [0.25, 0.3) is 0 Å². The van der Waals surface area contributed by atoms with E-state index in [4.69, 9.17) is 18.5 Å². The molecule has 0 aliphatic rings. The van der Waals surface area contributed by atoms with Crippen LogP contribution in [0.1, 0.15) is 258 Å². The number of esters is 2. The van der Waals surface area contributed by atoms with Gasteiger partial charge in [0.1, 0.15) is 19.8 Å². The average molecular weight is 1010 g/mol. The van der Waals surface area contributed by atoms with Crippen molar-refractivity contribution in [3.63, 3.8) is 0 Å². The minimum Gasteiger partial charge on any atom is -0.462 e. The summed E-state index contributed by atoms with van der Waals surface area (Å²) in [7, 11) is 1.47. The maximum atomic E-state index is 12.8. The second kappa shape index (κ2) is 51.6. The minimum absolute atomic E-state index is 0.0286. The van der Waals surface area contributed by atoms with E-state index in [1.165, 1.54) is 154 Å². The van der Waals surface area contributed by atoms with Gasteiger partial charge < -0.3 is 18.9 Å². The first-order valence-electron chi connectivity index (χ1n) is 29.0. The highest BCUT2D eigenvalue weighted by molar-refractivity contribution is 7.47. The summed E-state index contributed by atoms with van der Waals surface area (Å²) in [6, 6.07) is 0. The predicted octanol–water partition coefficient (Wildman–Crippen LogP) is 17.9. The van der Waals surface area contributed by atoms with E-state index in [9.17, 15) is 19.0 Å². The van der Waals surface area contributed by atoms with Gasteiger partial charge in [-0.1, -0.05) is 229 Å². The number of hydrogen-bond acceptors (Lipinski definition) is 7. The van der Waals surface area contributed by atoms with Crippen LogP contribution in [-0.4, -0.2) is 74.9 Å². The van der Waals surface area contributed by atoms with Gasteiger partial charge in [0.15, 0.2) is 6.10 Å². The van der Waals surface area contributed by atoms with Crippen LogP contribution in [0.2, 0.25) is 0 Å². The van der Waals surface area contributed by atoms with E-state index < -0.39 is 26.5 Å². The van der Waals surface area contributed by atoms with Gasteiger partial charge in [-0.25, -0.2) is 4.57 Å². The van der Waals surface area contributed by atoms with Gasteiger partial charge in [-0.15, -0.1) is 0 Å². The number of ether oxygens (including phenoxy) is 2. The van der Waals surface area contributed by atoms with Gasteiger partial charge >= 0.3 is 19.8 Å². The predicted molar refractivity (Wildman–Crippen MR) is 298 cm³/mol. The number of hydrogen-bond donors (Lipinski definition) is 1. The fraction of sp³-hybridized carbons (Fsp3) is 0.800. The number of carbonyl (C=O) groups is 2. The molecule has 0 aliphatic carbocycles. The van der Waals surface area contributed by atoms with Crippen LogP contribution in [0, 0.1) is 0 Å². The maximum absolute atomic E-state index is 12.8. The van der Waals surface area contributed by atoms with Crippen LogP contribution in [0.3, 0.4) is 0 Å². The SMILES string of the molecule is CC/C=C\C/C=C\C/C=C\CCCCCCCCCC(=O)OC(COC(=O)CCCCCCCCCCCCCCCCCCC/C=C\C/C=C\CCCCCCC)COP(=O)(O)OCC[N+](C)(C)C. The zero-order chi connectivity index (χ0) is 51.3. The van der Waals surface area contributed by atoms with Crippen molar-refractivity contribution in [2.45, 2.75) is 264 Å². The number of unbranched alkanes of at least 4 members (excludes halogenated alkanes) is 29. The van der Waals surface area contributed by atoms with Crippen molar-refractivity contribution in [2.75, 3.05) is 47.5 Å². The van der Waals surface area contributed by atoms with Gasteiger partial charge in [-0.3, -0.25) is 18.6 Å². The molecule has 0 saturated heterocycles. The Kier molecular flexibility index (Phi) is 49.9. The summed E-state index contributed by atoms with van der Waals surface area (Å²) < 4.78 is 34.5. The van der Waals surface area contributed by atoms with Crippen LogP contribution >= 0.6 is 7.82 Å². The molecule has 0 heterocycles. The third-order valence-electron chi connectivity index (χ3n) is 12.5. The lowest BCUT2D eigenvalue weighted by Gasteiger charge is -2.24. The summed E-state index contributed by atoms with van der Waals surface area (Å²) in [6.07, 6.45) is 65.8. The van der Waals surface area contributed by atoms with Crippen LogP contribution in [-0.2, 0) is 32.7 Å². The summed E-state index contributed by atoms with van der Waals surface area (Å²) in [4.78, 5) is 35.6. The Bertz CT molecular complexity index is 1370. The second-order valence-electron chi connectivity index (χ2n) is 20.6. The molecule has 0 aromatic rings. The number of allylic oxidation sites excluding steroid dienone is 10. The van der Waals surface area contributed by atoms with E-state index in [1.807, 2.05) is 21.1 Å². The van der Waals surface area contributed by atoms with E-state index in [2.05, 4.69) is 74.6 Å². The minimum atomic E-state index is -4.39. The summed E-state index contributed by atoms with van der Waals surface area (Å²) >= 11 is 0. The monoisotopic (exact) mass is 1000 g/mol. The Morgan fingerprint density at radius 3 is 1.21 bits per heavy atom. The number of nitrogens with zero attached hydrogens (tertiary/aromatic N) is 1. The molecule has 0 aromatic carbocycles. The smallest absolute Gasteiger partial charge is 0.462 e. The molecule has 0 amide bonds. The number of quaternary nitrogens is 1. The van der Waals surface area contributed by atoms with E-state index >= 15 is 0 Å². The first kappa shape index (κ1) is 67.7. The zero-order valence-corrected chi connectivity index (χ0v) is 47.1. The van der Waals surface area contributed by atoms with Gasteiger partial charge in [0, 0.05) is 12.8 Å². The van der Waals surface area contributed by atoms with E-state index in [0.29, 0.717) is 17.4 Å². The van der Waals surface area contributed by atoms with Crippen molar-refractivity contribution in [2.24, 2.45) is 0 Å². The molecule has 0 saturated carbocycles. The molecule has 0 aliphatic heterocycles. The molecule has 70 heavy (non-hydrogen) atoms. The second-order valence-corrected chi connectivity index (χ2v) is 22.1. The summed E-state index contributed by atoms with van der Waals surface area (Å²) in [5.74, 6) is -0.803. The molecule has 0 rings (SSSR count). The van der Waals surface area contributed by atoms with E-state index in [0.717, 1.165) is 70.6 Å². The molecule has 0 radical (unpaired) electrons. The first-order valence-corrected chi connectivity index (χ1v) is 30.5. The Morgan fingerprint density at radius 2 is 0.814 bits per heavy atom. The average Bonchev–Trinajstić information content (AvgIpc) is 3.32. The number of phosphoric acid groups is 1. The molecule has 0 aromatic heterocycles. The van der Waals surface area contributed by atoms with Gasteiger partial charge in [0.05, 0.1) is 27.7 Å². The third-order valence-corrected chi connectivity index (χ3v) is 13.5. The lowest BCUT2D eigenvalue weighted by molar-refractivity contribution is -0.870. The number of rotatable bonds is 53. The first-order chi connectivity index (χ1) is 34.0. The van der Waals surface area contributed by atoms with Crippen molar-refractivity contribution in [1.82, 2.24) is 0 Å². The normalized spacial score (nSPS) is 13.7. The summed E-state index contributed by atoms with van der Waals surface area (Å²) in [5.41, 5.74) is 0. The molecule has 1 N–H and O–H groups in total. The Hall–Kier alpha value is -2.29. The van der Waals surface area contributed by atoms with Crippen LogP contribution in [0.5, 0.6) is 0 Å².